The lowest BCUT2D eigenvalue weighted by Gasteiger charge is -2.33. The Bertz CT molecular complexity index is 541. The van der Waals surface area contributed by atoms with Crippen molar-refractivity contribution in [3.63, 3.8) is 0 Å². The van der Waals surface area contributed by atoms with Crippen LogP contribution in [0, 0.1) is 0 Å². The molecule has 1 N–H and O–H groups in total. The average Bonchev–Trinajstić information content (AvgIpc) is 2.88. The number of carbonyl (C=O) groups excluding carboxylic acids is 2. The van der Waals surface area contributed by atoms with E-state index in [0.717, 1.165) is 25.1 Å². The fourth-order valence-corrected chi connectivity index (χ4v) is 2.77. The van der Waals surface area contributed by atoms with Crippen LogP contribution in [-0.4, -0.2) is 31.1 Å². The first-order valence-corrected chi connectivity index (χ1v) is 6.59. The van der Waals surface area contributed by atoms with E-state index in [1.54, 1.807) is 19.1 Å². The summed E-state index contributed by atoms with van der Waals surface area (Å²) in [6.07, 6.45) is 1.92. The smallest absolute Gasteiger partial charge is 0.338 e. The van der Waals surface area contributed by atoms with Crippen molar-refractivity contribution in [1.29, 1.82) is 0 Å². The lowest BCUT2D eigenvalue weighted by Crippen LogP contribution is -2.43. The number of ether oxygens (including phenoxy) is 1. The molecule has 5 nitrogen and oxygen atoms in total. The van der Waals surface area contributed by atoms with Gasteiger partial charge in [0.15, 0.2) is 0 Å². The number of rotatable bonds is 2. The zero-order chi connectivity index (χ0) is 13.4. The number of fused-ring (bicyclic) bond motifs is 3. The van der Waals surface area contributed by atoms with Gasteiger partial charge in [-0.2, -0.15) is 0 Å². The third-order valence-electron chi connectivity index (χ3n) is 3.63. The number of benzene rings is 1. The number of nitrogens with one attached hydrogen (secondary N) is 1. The fourth-order valence-electron chi connectivity index (χ4n) is 2.77. The van der Waals surface area contributed by atoms with Gasteiger partial charge >= 0.3 is 5.97 Å². The van der Waals surface area contributed by atoms with Gasteiger partial charge < -0.3 is 15.0 Å². The van der Waals surface area contributed by atoms with Gasteiger partial charge in [0.25, 0.3) is 0 Å². The number of hydrogen-bond acceptors (Lipinski definition) is 4. The summed E-state index contributed by atoms with van der Waals surface area (Å²) in [6, 6.07) is 5.28. The minimum atomic E-state index is -0.358. The molecule has 0 aromatic heterocycles. The molecule has 2 heterocycles. The molecule has 5 heteroatoms. The quantitative estimate of drug-likeness (QED) is 0.823. The SMILES string of the molecule is CCOC(=O)c1ccc2c(c1)NC(=O)[C@@H]1CCCN21. The minimum absolute atomic E-state index is 0.0195. The maximum absolute atomic E-state index is 12.0. The highest BCUT2D eigenvalue weighted by molar-refractivity contribution is 6.05. The summed E-state index contributed by atoms with van der Waals surface area (Å²) in [5.74, 6) is -0.339. The number of esters is 1. The van der Waals surface area contributed by atoms with E-state index < -0.39 is 0 Å². The highest BCUT2D eigenvalue weighted by Crippen LogP contribution is 2.37. The Balaban J connectivity index is 1.95. The zero-order valence-electron chi connectivity index (χ0n) is 10.8. The van der Waals surface area contributed by atoms with Crippen LogP contribution in [0.1, 0.15) is 30.1 Å². The van der Waals surface area contributed by atoms with Crippen LogP contribution in [0.25, 0.3) is 0 Å². The molecule has 2 aliphatic heterocycles. The molecule has 0 bridgehead atoms. The molecule has 1 atom stereocenters. The second-order valence-electron chi connectivity index (χ2n) is 4.79. The third kappa shape index (κ3) is 1.95. The van der Waals surface area contributed by atoms with Crippen molar-refractivity contribution in [3.05, 3.63) is 23.8 Å². The maximum Gasteiger partial charge on any atom is 0.338 e. The van der Waals surface area contributed by atoms with Crippen molar-refractivity contribution in [2.75, 3.05) is 23.4 Å². The van der Waals surface area contributed by atoms with E-state index in [1.165, 1.54) is 0 Å². The van der Waals surface area contributed by atoms with Crippen LogP contribution < -0.4 is 10.2 Å². The van der Waals surface area contributed by atoms with Crippen molar-refractivity contribution in [1.82, 2.24) is 0 Å². The van der Waals surface area contributed by atoms with E-state index in [9.17, 15) is 9.59 Å². The molecule has 1 fully saturated rings. The molecular formula is C14H16N2O3. The summed E-state index contributed by atoms with van der Waals surface area (Å²) >= 11 is 0. The molecule has 100 valence electrons. The molecule has 1 aromatic carbocycles. The van der Waals surface area contributed by atoms with Crippen molar-refractivity contribution in [3.8, 4) is 0 Å². The van der Waals surface area contributed by atoms with E-state index in [1.807, 2.05) is 6.07 Å². The van der Waals surface area contributed by atoms with Crippen LogP contribution >= 0.6 is 0 Å². The Kier molecular flexibility index (Phi) is 2.89. The molecule has 1 amide bonds. The van der Waals surface area contributed by atoms with Crippen LogP contribution in [-0.2, 0) is 9.53 Å². The summed E-state index contributed by atoms with van der Waals surface area (Å²) in [5.41, 5.74) is 2.17. The molecule has 0 unspecified atom stereocenters. The van der Waals surface area contributed by atoms with Gasteiger partial charge in [0.2, 0.25) is 5.91 Å². The van der Waals surface area contributed by atoms with E-state index in [-0.39, 0.29) is 17.9 Å². The summed E-state index contributed by atoms with van der Waals surface area (Å²) in [6.45, 7) is 3.01. The molecule has 1 saturated heterocycles. The molecule has 3 rings (SSSR count). The number of anilines is 2. The fraction of sp³-hybridized carbons (Fsp3) is 0.429. The van der Waals surface area contributed by atoms with Crippen LogP contribution in [0.3, 0.4) is 0 Å². The van der Waals surface area contributed by atoms with Crippen LogP contribution in [0.4, 0.5) is 11.4 Å². The van der Waals surface area contributed by atoms with Gasteiger partial charge in [0.1, 0.15) is 6.04 Å². The van der Waals surface area contributed by atoms with Crippen molar-refractivity contribution in [2.45, 2.75) is 25.8 Å². The molecule has 19 heavy (non-hydrogen) atoms. The topological polar surface area (TPSA) is 58.6 Å². The van der Waals surface area contributed by atoms with Gasteiger partial charge in [0, 0.05) is 6.54 Å². The number of amides is 1. The van der Waals surface area contributed by atoms with Gasteiger partial charge in [-0.3, -0.25) is 4.79 Å². The van der Waals surface area contributed by atoms with E-state index >= 15 is 0 Å². The van der Waals surface area contributed by atoms with Gasteiger partial charge in [-0.1, -0.05) is 0 Å². The predicted octanol–water partition coefficient (Wildman–Crippen LogP) is 1.78. The van der Waals surface area contributed by atoms with Crippen LogP contribution in [0.15, 0.2) is 18.2 Å². The first kappa shape index (κ1) is 12.0. The third-order valence-corrected chi connectivity index (χ3v) is 3.63. The second-order valence-corrected chi connectivity index (χ2v) is 4.79. The average molecular weight is 260 g/mol. The molecule has 1 aromatic rings. The van der Waals surface area contributed by atoms with E-state index in [0.29, 0.717) is 17.9 Å². The van der Waals surface area contributed by atoms with Crippen LogP contribution in [0.5, 0.6) is 0 Å². The number of nitrogens with zero attached hydrogens (tertiary/aromatic N) is 1. The van der Waals surface area contributed by atoms with Gasteiger partial charge in [0.05, 0.1) is 23.5 Å². The van der Waals surface area contributed by atoms with Gasteiger partial charge in [-0.05, 0) is 38.0 Å². The normalized spacial score (nSPS) is 20.6. The Hall–Kier alpha value is -2.04. The Morgan fingerprint density at radius 1 is 1.53 bits per heavy atom. The monoisotopic (exact) mass is 260 g/mol. The first-order valence-electron chi connectivity index (χ1n) is 6.59. The van der Waals surface area contributed by atoms with Gasteiger partial charge in [-0.15, -0.1) is 0 Å². The van der Waals surface area contributed by atoms with Crippen molar-refractivity contribution < 1.29 is 14.3 Å². The number of carbonyl (C=O) groups is 2. The van der Waals surface area contributed by atoms with Gasteiger partial charge in [-0.25, -0.2) is 4.79 Å². The largest absolute Gasteiger partial charge is 0.462 e. The Morgan fingerprint density at radius 2 is 2.37 bits per heavy atom. The second kappa shape index (κ2) is 4.57. The zero-order valence-corrected chi connectivity index (χ0v) is 10.8. The maximum atomic E-state index is 12.0. The van der Waals surface area contributed by atoms with Crippen LogP contribution in [0.2, 0.25) is 0 Å². The molecule has 0 saturated carbocycles. The lowest BCUT2D eigenvalue weighted by atomic mass is 10.1. The van der Waals surface area contributed by atoms with E-state index in [4.69, 9.17) is 4.74 Å². The number of hydrogen-bond donors (Lipinski definition) is 1. The molecule has 0 aliphatic carbocycles. The molecular weight excluding hydrogens is 244 g/mol. The molecule has 2 aliphatic rings. The molecule has 0 spiro atoms. The highest BCUT2D eigenvalue weighted by atomic mass is 16.5. The lowest BCUT2D eigenvalue weighted by molar-refractivity contribution is -0.117. The molecule has 0 radical (unpaired) electrons. The Morgan fingerprint density at radius 3 is 3.16 bits per heavy atom. The Labute approximate surface area is 111 Å². The first-order chi connectivity index (χ1) is 9.20. The minimum Gasteiger partial charge on any atom is -0.462 e. The summed E-state index contributed by atoms with van der Waals surface area (Å²) in [4.78, 5) is 25.8. The highest BCUT2D eigenvalue weighted by Gasteiger charge is 2.36. The summed E-state index contributed by atoms with van der Waals surface area (Å²) in [7, 11) is 0. The van der Waals surface area contributed by atoms with E-state index in [2.05, 4.69) is 10.2 Å². The predicted molar refractivity (Wildman–Crippen MR) is 71.4 cm³/mol. The van der Waals surface area contributed by atoms with Crippen molar-refractivity contribution in [2.24, 2.45) is 0 Å². The summed E-state index contributed by atoms with van der Waals surface area (Å²) < 4.78 is 4.97. The summed E-state index contributed by atoms with van der Waals surface area (Å²) in [5, 5.41) is 2.88. The standard InChI is InChI=1S/C14H16N2O3/c1-2-19-14(18)9-5-6-11-10(8-9)15-13(17)12-4-3-7-16(11)12/h5-6,8,12H,2-4,7H2,1H3,(H,15,17)/t12-/m0/s1. The van der Waals surface area contributed by atoms with Crippen molar-refractivity contribution >= 4 is 23.3 Å².